The van der Waals surface area contributed by atoms with E-state index < -0.39 is 68.9 Å². The summed E-state index contributed by atoms with van der Waals surface area (Å²) in [5, 5.41) is 46.9. The molecule has 0 aromatic heterocycles. The van der Waals surface area contributed by atoms with E-state index in [1.165, 1.54) is 72.8 Å². The zero-order valence-electron chi connectivity index (χ0n) is 60.6. The number of phenolic OH excluding ortho intramolecular Hbond substituents is 2. The summed E-state index contributed by atoms with van der Waals surface area (Å²) >= 11 is 3.48. The second-order valence-electron chi connectivity index (χ2n) is 27.3. The summed E-state index contributed by atoms with van der Waals surface area (Å²) in [7, 11) is 0. The van der Waals surface area contributed by atoms with Crippen molar-refractivity contribution in [3.8, 4) is 23.0 Å². The lowest BCUT2D eigenvalue weighted by atomic mass is 10.0. The molecule has 10 N–H and O–H groups in total. The fraction of sp³-hybridized carbons (Fsp3) is 0.287. The minimum absolute atomic E-state index is 0.0225. The summed E-state index contributed by atoms with van der Waals surface area (Å²) in [5.74, 6) is -9.68. The van der Waals surface area contributed by atoms with Crippen LogP contribution in [0.4, 0.5) is 45.5 Å². The minimum Gasteiger partial charge on any atom is -0.506 e. The third-order valence-corrected chi connectivity index (χ3v) is 18.6. The van der Waals surface area contributed by atoms with Gasteiger partial charge in [0.05, 0.1) is 62.0 Å². The topological polar surface area (TPSA) is 327 Å². The molecule has 10 rings (SSSR count). The van der Waals surface area contributed by atoms with Gasteiger partial charge in [-0.2, -0.15) is 0 Å². The summed E-state index contributed by atoms with van der Waals surface area (Å²) < 4.78 is 25.2. The number of carbonyl (C=O) groups is 9. The quantitative estimate of drug-likeness (QED) is 0.0732. The first-order valence-corrected chi connectivity index (χ1v) is 34.4. The molecule has 8 aromatic carbocycles. The number of rotatable bonds is 4. The average molecular weight is 1480 g/mol. The number of Topliss-reactive ketones (excluding diaryl/α,β-unsaturated/α-hetero) is 1. The molecule has 23 nitrogen and oxygen atoms in total. The molecule has 8 aromatic rings. The number of nitrogens with one attached hydrogen (secondary N) is 8. The van der Waals surface area contributed by atoms with Gasteiger partial charge in [0.15, 0.2) is 5.79 Å². The molecule has 8 amide bonds. The number of aromatic hydroxyl groups is 2. The summed E-state index contributed by atoms with van der Waals surface area (Å²) in [6.45, 7) is 24.3. The molecule has 0 saturated carbocycles. The lowest BCUT2D eigenvalue weighted by molar-refractivity contribution is -0.234. The van der Waals surface area contributed by atoms with E-state index >= 15 is 19.2 Å². The van der Waals surface area contributed by atoms with Gasteiger partial charge in [-0.25, -0.2) is 0 Å². The van der Waals surface area contributed by atoms with Gasteiger partial charge in [0.25, 0.3) is 47.3 Å². The van der Waals surface area contributed by atoms with Crippen LogP contribution >= 0.6 is 15.9 Å². The largest absolute Gasteiger partial charge is 0.506 e. The van der Waals surface area contributed by atoms with Gasteiger partial charge in [0.1, 0.15) is 42.0 Å². The highest BCUT2D eigenvalue weighted by Crippen LogP contribution is 2.38. The number of hydrogen-bond donors (Lipinski definition) is 10. The Labute approximate surface area is 610 Å². The monoisotopic (exact) mass is 1470 g/mol. The first-order valence-electron chi connectivity index (χ1n) is 33.6. The fourth-order valence-corrected chi connectivity index (χ4v) is 12.6. The number of phenols is 2. The van der Waals surface area contributed by atoms with E-state index in [0.717, 1.165) is 0 Å². The van der Waals surface area contributed by atoms with Crippen molar-refractivity contribution >= 4 is 114 Å². The molecule has 2 heterocycles. The molecule has 104 heavy (non-hydrogen) atoms. The molecule has 540 valence electrons. The average Bonchev–Trinajstić information content (AvgIpc) is 0.807. The van der Waals surface area contributed by atoms with Crippen LogP contribution in [-0.4, -0.2) is 99.8 Å². The van der Waals surface area contributed by atoms with Crippen molar-refractivity contribution in [1.82, 2.24) is 0 Å². The highest BCUT2D eigenvalue weighted by molar-refractivity contribution is 9.10. The molecular weight excluding hydrogens is 1390 g/mol. The number of benzene rings is 8. The van der Waals surface area contributed by atoms with Crippen molar-refractivity contribution in [3.05, 3.63) is 208 Å². The smallest absolute Gasteiger partial charge is 0.259 e. The van der Waals surface area contributed by atoms with Crippen molar-refractivity contribution in [1.29, 1.82) is 0 Å². The Morgan fingerprint density at radius 1 is 0.356 bits per heavy atom. The van der Waals surface area contributed by atoms with Crippen molar-refractivity contribution in [2.24, 2.45) is 0 Å². The van der Waals surface area contributed by atoms with Crippen LogP contribution in [0.5, 0.6) is 23.0 Å². The van der Waals surface area contributed by atoms with Crippen molar-refractivity contribution in [2.75, 3.05) is 69.0 Å². The molecule has 0 atom stereocenters. The first-order chi connectivity index (χ1) is 48.9. The number of alkyl halides is 1. The Hall–Kier alpha value is -11.2. The maximum absolute atomic E-state index is 15.1. The highest BCUT2D eigenvalue weighted by atomic mass is 79.9. The number of amides is 8. The molecule has 2 aliphatic rings. The van der Waals surface area contributed by atoms with Crippen LogP contribution in [0.15, 0.2) is 97.1 Å². The van der Waals surface area contributed by atoms with Crippen molar-refractivity contribution < 1.29 is 72.3 Å². The van der Waals surface area contributed by atoms with Crippen molar-refractivity contribution in [2.45, 2.75) is 127 Å². The summed E-state index contributed by atoms with van der Waals surface area (Å²) in [5.41, 5.74) is 6.58. The molecule has 0 saturated heterocycles. The highest BCUT2D eigenvalue weighted by Gasteiger charge is 2.34. The summed E-state index contributed by atoms with van der Waals surface area (Å²) in [6, 6.07) is 24.8. The SMILES string of the molecule is Cc1cc2c(O)c(c1)C(=O)Nc1cc(c(C)cc1C)NC(=O)c1cc(C)cc3c1OCCOC(C)(CCC(=O)C(C)(C)Br)OCCOc1c(cc(C)cc1C(=O)Nc1cc(c(C)cc1C)NC(=O)c1cc(C)cc(c1O)C(=O)Nc1cc(c(C)cc1C)NC3=O)C(=O)Nc1cc(c(C)cc1C)NC2=O. The lowest BCUT2D eigenvalue weighted by Crippen LogP contribution is -2.37. The Balaban J connectivity index is 1.16. The second kappa shape index (κ2) is 30.4. The standard InChI is InChI=1S/C80H83BrN8O15/c1-38-22-50-67(91)51(23-38)72(94)83-59-35-63(47(10)31-43(59)6)87-76(98)55-27-41(4)29-57-70(55)102-19-21-104-80(15,17-16-66(90)79(13,14)81)103-20-18-101-69-54(75(97)86-62-34-58(82-71(50)93)42(5)30-46(62)9)26-40(3)28-56(69)77(99)88-64-36-60(44(7)32-48(64)11)84-73(95)52-24-39(2)25-53(68(52)92)74(96)85-61-37-65(89-78(57)100)49(12)33-45(61)8/h22-37,91-92H,16-21H2,1-15H3,(H,82,93)(H,83,94)(H,84,95)(H,85,96)(H,86,97)(H,87,98)(H,88,99)(H,89,100). The molecule has 0 aliphatic carbocycles. The number of ether oxygens (including phenoxy) is 4. The summed E-state index contributed by atoms with van der Waals surface area (Å²) in [6.07, 6.45) is -0.0773. The number of ketones is 1. The van der Waals surface area contributed by atoms with Gasteiger partial charge in [0, 0.05) is 58.3 Å². The predicted molar refractivity (Wildman–Crippen MR) is 404 cm³/mol. The Morgan fingerprint density at radius 3 is 0.769 bits per heavy atom. The van der Waals surface area contributed by atoms with E-state index in [9.17, 15) is 34.2 Å². The van der Waals surface area contributed by atoms with Crippen molar-refractivity contribution in [3.63, 3.8) is 0 Å². The van der Waals surface area contributed by atoms with Crippen LogP contribution < -0.4 is 52.0 Å². The normalized spacial score (nSPS) is 14.9. The molecule has 0 fully saturated rings. The second-order valence-corrected chi connectivity index (χ2v) is 29.3. The Kier molecular flexibility index (Phi) is 22.0. The number of anilines is 8. The number of aryl methyl sites for hydroxylation is 12. The van der Waals surface area contributed by atoms with Crippen LogP contribution in [0.25, 0.3) is 0 Å². The first kappa shape index (κ1) is 75.5. The van der Waals surface area contributed by atoms with E-state index in [-0.39, 0.29) is 147 Å². The summed E-state index contributed by atoms with van der Waals surface area (Å²) in [4.78, 5) is 132. The number of carbonyl (C=O) groups excluding carboxylic acids is 9. The van der Waals surface area contributed by atoms with E-state index in [4.69, 9.17) is 18.9 Å². The van der Waals surface area contributed by atoms with Gasteiger partial charge in [-0.1, -0.05) is 40.2 Å². The zero-order valence-corrected chi connectivity index (χ0v) is 62.1. The number of halogens is 1. The third-order valence-electron chi connectivity index (χ3n) is 18.1. The number of hydrogen-bond acceptors (Lipinski definition) is 15. The lowest BCUT2D eigenvalue weighted by Gasteiger charge is -2.31. The molecular formula is C80H83BrN8O15. The van der Waals surface area contributed by atoms with Gasteiger partial charge in [-0.15, -0.1) is 0 Å². The van der Waals surface area contributed by atoms with Gasteiger partial charge in [-0.3, -0.25) is 43.2 Å². The van der Waals surface area contributed by atoms with E-state index in [2.05, 4.69) is 58.5 Å². The molecule has 14 bridgehead atoms. The van der Waals surface area contributed by atoms with Crippen LogP contribution in [0.3, 0.4) is 0 Å². The van der Waals surface area contributed by atoms with Crippen LogP contribution in [-0.2, 0) is 14.3 Å². The van der Waals surface area contributed by atoms with Gasteiger partial charge < -0.3 is 71.7 Å². The third kappa shape index (κ3) is 16.8. The van der Waals surface area contributed by atoms with Crippen LogP contribution in [0, 0.1) is 83.1 Å². The maximum Gasteiger partial charge on any atom is 0.259 e. The van der Waals surface area contributed by atoms with E-state index in [0.29, 0.717) is 66.8 Å². The predicted octanol–water partition coefficient (Wildman–Crippen LogP) is 15.2. The van der Waals surface area contributed by atoms with E-state index in [1.54, 1.807) is 128 Å². The molecule has 0 spiro atoms. The Bertz CT molecular complexity index is 4410. The molecule has 0 unspecified atom stereocenters. The molecule has 24 heteroatoms. The van der Waals surface area contributed by atoms with E-state index in [1.807, 2.05) is 0 Å². The Morgan fingerprint density at radius 2 is 0.558 bits per heavy atom. The molecule has 0 radical (unpaired) electrons. The fourth-order valence-electron chi connectivity index (χ4n) is 12.4. The molecule has 2 aliphatic heterocycles. The maximum atomic E-state index is 15.1. The van der Waals surface area contributed by atoms with Crippen LogP contribution in [0.1, 0.15) is 183 Å². The van der Waals surface area contributed by atoms with Gasteiger partial charge in [-0.05, 0) is 243 Å². The number of fused-ring (bicyclic) bond motifs is 20. The van der Waals surface area contributed by atoms with Gasteiger partial charge >= 0.3 is 0 Å². The minimum atomic E-state index is -1.60. The zero-order chi connectivity index (χ0) is 75.7. The van der Waals surface area contributed by atoms with Gasteiger partial charge in [0.2, 0.25) is 0 Å². The van der Waals surface area contributed by atoms with Crippen LogP contribution in [0.2, 0.25) is 0 Å².